The highest BCUT2D eigenvalue weighted by Crippen LogP contribution is 2.40. The zero-order valence-electron chi connectivity index (χ0n) is 15.5. The molecule has 1 saturated carbocycles. The molecule has 2 aliphatic heterocycles. The molecule has 3 heterocycles. The number of nitrogens with two attached hydrogens (primary N) is 1. The summed E-state index contributed by atoms with van der Waals surface area (Å²) in [5.74, 6) is -0.339. The normalized spacial score (nSPS) is 32.3. The van der Waals surface area contributed by atoms with Gasteiger partial charge in [0, 0.05) is 12.6 Å². The lowest BCUT2D eigenvalue weighted by molar-refractivity contribution is -0.152. The van der Waals surface area contributed by atoms with Gasteiger partial charge >= 0.3 is 0 Å². The molecule has 1 spiro atoms. The van der Waals surface area contributed by atoms with Gasteiger partial charge in [-0.3, -0.25) is 14.5 Å². The van der Waals surface area contributed by atoms with E-state index >= 15 is 0 Å². The van der Waals surface area contributed by atoms with E-state index < -0.39 is 11.4 Å². The van der Waals surface area contributed by atoms with Crippen molar-refractivity contribution in [3.8, 4) is 0 Å². The van der Waals surface area contributed by atoms with E-state index in [1.54, 1.807) is 0 Å². The number of aliphatic hydroxyl groups excluding tert-OH is 1. The van der Waals surface area contributed by atoms with Gasteiger partial charge in [0.1, 0.15) is 5.54 Å². The zero-order chi connectivity index (χ0) is 19.0. The molecule has 1 aromatic rings. The van der Waals surface area contributed by atoms with E-state index in [0.29, 0.717) is 12.4 Å². The van der Waals surface area contributed by atoms with Gasteiger partial charge in [-0.05, 0) is 57.9 Å². The molecule has 27 heavy (non-hydrogen) atoms. The number of carbonyl (C=O) groups excluding carboxylic acids is 2. The Labute approximate surface area is 157 Å². The van der Waals surface area contributed by atoms with Crippen LogP contribution in [0.2, 0.25) is 0 Å². The van der Waals surface area contributed by atoms with Crippen LogP contribution in [0, 0.1) is 0 Å². The number of aromatic nitrogens is 2. The molecular weight excluding hydrogens is 350 g/mol. The standard InChI is InChI=1S/C18H27N5O4/c19-15(25)16-20-14(27-21-16)11-22-9-1-7-18(22)8-2-10-23(17(18)26)12-3-5-13(24)6-4-12/h12-13,24H,1-11H2,(H2,19,25). The predicted molar refractivity (Wildman–Crippen MR) is 94.4 cm³/mol. The van der Waals surface area contributed by atoms with Crippen molar-refractivity contribution in [1.82, 2.24) is 19.9 Å². The molecule has 3 fully saturated rings. The minimum Gasteiger partial charge on any atom is -0.393 e. The van der Waals surface area contributed by atoms with Crippen molar-refractivity contribution in [2.45, 2.75) is 75.6 Å². The summed E-state index contributed by atoms with van der Waals surface area (Å²) in [6.45, 7) is 1.93. The maximum Gasteiger partial charge on any atom is 0.290 e. The van der Waals surface area contributed by atoms with E-state index in [0.717, 1.165) is 64.5 Å². The second-order valence-corrected chi connectivity index (χ2v) is 8.00. The van der Waals surface area contributed by atoms with Crippen LogP contribution in [0.3, 0.4) is 0 Å². The highest BCUT2D eigenvalue weighted by Gasteiger charge is 2.52. The zero-order valence-corrected chi connectivity index (χ0v) is 15.5. The average Bonchev–Trinajstić information content (AvgIpc) is 3.27. The maximum atomic E-state index is 13.5. The largest absolute Gasteiger partial charge is 0.393 e. The first kappa shape index (κ1) is 18.4. The fourth-order valence-corrected chi connectivity index (χ4v) is 5.01. The number of likely N-dealkylation sites (tertiary alicyclic amines) is 2. The third-order valence-electron chi connectivity index (χ3n) is 6.39. The van der Waals surface area contributed by atoms with Crippen LogP contribution >= 0.6 is 0 Å². The van der Waals surface area contributed by atoms with Gasteiger partial charge in [0.2, 0.25) is 11.8 Å². The number of nitrogens with zero attached hydrogens (tertiary/aromatic N) is 4. The molecule has 9 nitrogen and oxygen atoms in total. The van der Waals surface area contributed by atoms with Crippen molar-refractivity contribution in [1.29, 1.82) is 0 Å². The van der Waals surface area contributed by atoms with E-state index in [2.05, 4.69) is 19.9 Å². The summed E-state index contributed by atoms with van der Waals surface area (Å²) in [7, 11) is 0. The van der Waals surface area contributed by atoms with Gasteiger partial charge < -0.3 is 20.3 Å². The van der Waals surface area contributed by atoms with E-state index in [-0.39, 0.29) is 23.9 Å². The molecule has 1 aliphatic carbocycles. The molecule has 1 unspecified atom stereocenters. The van der Waals surface area contributed by atoms with E-state index in [1.807, 2.05) is 0 Å². The molecule has 1 atom stereocenters. The number of aliphatic hydroxyl groups is 1. The molecule has 3 aliphatic rings. The van der Waals surface area contributed by atoms with E-state index in [1.165, 1.54) is 0 Å². The minimum atomic E-state index is -0.722. The first-order chi connectivity index (χ1) is 13.0. The van der Waals surface area contributed by atoms with Crippen LogP contribution in [0.15, 0.2) is 4.52 Å². The third-order valence-corrected chi connectivity index (χ3v) is 6.39. The summed E-state index contributed by atoms with van der Waals surface area (Å²) in [5, 5.41) is 13.4. The summed E-state index contributed by atoms with van der Waals surface area (Å²) >= 11 is 0. The number of piperidine rings is 1. The van der Waals surface area contributed by atoms with Crippen molar-refractivity contribution in [3.63, 3.8) is 0 Å². The first-order valence-corrected chi connectivity index (χ1v) is 9.86. The highest BCUT2D eigenvalue weighted by atomic mass is 16.5. The van der Waals surface area contributed by atoms with Gasteiger partial charge in [0.25, 0.3) is 11.7 Å². The molecule has 148 valence electrons. The Balaban J connectivity index is 1.51. The second kappa shape index (κ2) is 7.20. The molecule has 3 N–H and O–H groups in total. The number of rotatable bonds is 4. The van der Waals surface area contributed by atoms with Gasteiger partial charge in [-0.25, -0.2) is 0 Å². The lowest BCUT2D eigenvalue weighted by Gasteiger charge is -2.48. The lowest BCUT2D eigenvalue weighted by Crippen LogP contribution is -2.62. The Kier molecular flexibility index (Phi) is 4.90. The Morgan fingerprint density at radius 1 is 1.22 bits per heavy atom. The fourth-order valence-electron chi connectivity index (χ4n) is 5.01. The van der Waals surface area contributed by atoms with Crippen molar-refractivity contribution >= 4 is 11.8 Å². The van der Waals surface area contributed by atoms with Gasteiger partial charge in [-0.15, -0.1) is 0 Å². The highest BCUT2D eigenvalue weighted by molar-refractivity contribution is 5.88. The molecule has 9 heteroatoms. The van der Waals surface area contributed by atoms with Crippen molar-refractivity contribution in [2.75, 3.05) is 13.1 Å². The molecule has 4 rings (SSSR count). The summed E-state index contributed by atoms with van der Waals surface area (Å²) < 4.78 is 5.16. The Morgan fingerprint density at radius 3 is 2.59 bits per heavy atom. The summed E-state index contributed by atoms with van der Waals surface area (Å²) in [5.41, 5.74) is 4.67. The van der Waals surface area contributed by atoms with Gasteiger partial charge in [-0.2, -0.15) is 4.98 Å². The topological polar surface area (TPSA) is 126 Å². The molecular formula is C18H27N5O4. The monoisotopic (exact) mass is 377 g/mol. The maximum absolute atomic E-state index is 13.5. The van der Waals surface area contributed by atoms with Crippen LogP contribution in [0.4, 0.5) is 0 Å². The predicted octanol–water partition coefficient (Wildman–Crippen LogP) is 0.429. The quantitative estimate of drug-likeness (QED) is 0.779. The smallest absolute Gasteiger partial charge is 0.290 e. The van der Waals surface area contributed by atoms with Crippen LogP contribution in [-0.2, 0) is 11.3 Å². The summed E-state index contributed by atoms with van der Waals surface area (Å²) in [4.78, 5) is 32.9. The summed E-state index contributed by atoms with van der Waals surface area (Å²) in [6.07, 6.45) is 6.62. The molecule has 1 aromatic heterocycles. The number of amides is 2. The van der Waals surface area contributed by atoms with Crippen LogP contribution in [-0.4, -0.2) is 67.6 Å². The van der Waals surface area contributed by atoms with Crippen molar-refractivity contribution < 1.29 is 19.2 Å². The van der Waals surface area contributed by atoms with Gasteiger partial charge in [0.05, 0.1) is 12.6 Å². The Hall–Kier alpha value is -2.00. The second-order valence-electron chi connectivity index (χ2n) is 8.00. The van der Waals surface area contributed by atoms with Crippen LogP contribution in [0.25, 0.3) is 0 Å². The SMILES string of the molecule is NC(=O)c1noc(CN2CCCC23CCCN(C2CCC(O)CC2)C3=O)n1. The Morgan fingerprint density at radius 2 is 1.93 bits per heavy atom. The number of hydrogen-bond acceptors (Lipinski definition) is 7. The molecule has 2 saturated heterocycles. The molecule has 0 aromatic carbocycles. The number of hydrogen-bond donors (Lipinski definition) is 2. The van der Waals surface area contributed by atoms with Crippen LogP contribution < -0.4 is 5.73 Å². The van der Waals surface area contributed by atoms with E-state index in [9.17, 15) is 14.7 Å². The van der Waals surface area contributed by atoms with Gasteiger partial charge in [0.15, 0.2) is 0 Å². The molecule has 2 amide bonds. The van der Waals surface area contributed by atoms with E-state index in [4.69, 9.17) is 10.3 Å². The van der Waals surface area contributed by atoms with Crippen molar-refractivity contribution in [2.24, 2.45) is 5.73 Å². The fraction of sp³-hybridized carbons (Fsp3) is 0.778. The minimum absolute atomic E-state index is 0.129. The molecule has 0 radical (unpaired) electrons. The van der Waals surface area contributed by atoms with Gasteiger partial charge in [-0.1, -0.05) is 5.16 Å². The Bertz CT molecular complexity index is 714. The number of primary amides is 1. The lowest BCUT2D eigenvalue weighted by atomic mass is 9.82. The number of carbonyl (C=O) groups is 2. The first-order valence-electron chi connectivity index (χ1n) is 9.86. The summed E-state index contributed by atoms with van der Waals surface area (Å²) in [6, 6.07) is 0.227. The molecule has 0 bridgehead atoms. The van der Waals surface area contributed by atoms with Crippen LogP contribution in [0.5, 0.6) is 0 Å². The average molecular weight is 377 g/mol. The van der Waals surface area contributed by atoms with Crippen LogP contribution in [0.1, 0.15) is 67.9 Å². The van der Waals surface area contributed by atoms with Crippen molar-refractivity contribution in [3.05, 3.63) is 11.7 Å². The third kappa shape index (κ3) is 3.34.